The van der Waals surface area contributed by atoms with E-state index in [1.807, 2.05) is 0 Å². The molecule has 0 fully saturated rings. The minimum Gasteiger partial charge on any atom is -0.481 e. The van der Waals surface area contributed by atoms with Gasteiger partial charge in [0.1, 0.15) is 16.5 Å². The third-order valence-electron chi connectivity index (χ3n) is 3.83. The van der Waals surface area contributed by atoms with E-state index in [1.165, 1.54) is 13.8 Å². The molecule has 0 saturated heterocycles. The summed E-state index contributed by atoms with van der Waals surface area (Å²) in [6, 6.07) is 5.19. The number of aliphatic carboxylic acids is 1. The number of carbonyl (C=O) groups is 1. The molecule has 0 atom stereocenters. The summed E-state index contributed by atoms with van der Waals surface area (Å²) in [6.07, 6.45) is -4.69. The number of hydrogen-bond acceptors (Lipinski definition) is 4. The van der Waals surface area contributed by atoms with Gasteiger partial charge in [-0.1, -0.05) is 6.07 Å². The summed E-state index contributed by atoms with van der Waals surface area (Å²) in [4.78, 5) is 10.1. The van der Waals surface area contributed by atoms with Gasteiger partial charge in [0, 0.05) is 5.56 Å². The van der Waals surface area contributed by atoms with Gasteiger partial charge in [-0.2, -0.15) is 13.2 Å². The molecular weight excluding hydrogens is 404 g/mol. The zero-order chi connectivity index (χ0) is 21.3. The van der Waals surface area contributed by atoms with Crippen LogP contribution in [0.25, 0.3) is 11.1 Å². The second-order valence-electron chi connectivity index (χ2n) is 6.13. The van der Waals surface area contributed by atoms with Crippen LogP contribution in [-0.4, -0.2) is 31.4 Å². The fourth-order valence-corrected chi connectivity index (χ4v) is 3.45. The number of carboxylic acids is 1. The summed E-state index contributed by atoms with van der Waals surface area (Å²) in [7, 11) is -3.93. The van der Waals surface area contributed by atoms with Gasteiger partial charge in [-0.3, -0.25) is 0 Å². The van der Waals surface area contributed by atoms with E-state index in [0.717, 1.165) is 24.3 Å². The lowest BCUT2D eigenvalue weighted by atomic mass is 10.0. The monoisotopic (exact) mass is 420 g/mol. The SMILES string of the molecule is CC(C)S(=O)(=O)c1ccc(-c2cc(C(F)(F)F)ccc2OCC(=O)O)cc1F. The summed E-state index contributed by atoms with van der Waals surface area (Å²) >= 11 is 0. The van der Waals surface area contributed by atoms with Crippen molar-refractivity contribution in [3.8, 4) is 16.9 Å². The van der Waals surface area contributed by atoms with E-state index in [-0.39, 0.29) is 16.9 Å². The van der Waals surface area contributed by atoms with Crippen LogP contribution in [0.1, 0.15) is 19.4 Å². The highest BCUT2D eigenvalue weighted by atomic mass is 32.2. The number of alkyl halides is 3. The van der Waals surface area contributed by atoms with Crippen molar-refractivity contribution in [1.82, 2.24) is 0 Å². The van der Waals surface area contributed by atoms with Gasteiger partial charge in [-0.25, -0.2) is 17.6 Å². The maximum absolute atomic E-state index is 14.4. The first kappa shape index (κ1) is 21.7. The largest absolute Gasteiger partial charge is 0.481 e. The molecule has 0 radical (unpaired) electrons. The molecule has 152 valence electrons. The molecule has 2 rings (SSSR count). The predicted molar refractivity (Wildman–Crippen MR) is 92.3 cm³/mol. The van der Waals surface area contributed by atoms with E-state index in [4.69, 9.17) is 9.84 Å². The zero-order valence-corrected chi connectivity index (χ0v) is 15.6. The van der Waals surface area contributed by atoms with Gasteiger partial charge in [-0.15, -0.1) is 0 Å². The van der Waals surface area contributed by atoms with E-state index >= 15 is 0 Å². The maximum atomic E-state index is 14.4. The summed E-state index contributed by atoms with van der Waals surface area (Å²) in [5, 5.41) is 7.82. The number of hydrogen-bond donors (Lipinski definition) is 1. The van der Waals surface area contributed by atoms with Crippen molar-refractivity contribution in [1.29, 1.82) is 0 Å². The van der Waals surface area contributed by atoms with E-state index in [9.17, 15) is 30.8 Å². The van der Waals surface area contributed by atoms with Crippen LogP contribution in [0.4, 0.5) is 17.6 Å². The van der Waals surface area contributed by atoms with E-state index < -0.39 is 50.1 Å². The van der Waals surface area contributed by atoms with Crippen LogP contribution in [-0.2, 0) is 20.8 Å². The van der Waals surface area contributed by atoms with Gasteiger partial charge in [-0.05, 0) is 49.7 Å². The number of benzene rings is 2. The number of carboxylic acid groups (broad SMARTS) is 1. The van der Waals surface area contributed by atoms with E-state index in [1.54, 1.807) is 0 Å². The molecule has 2 aromatic rings. The first-order chi connectivity index (χ1) is 12.8. The Hall–Kier alpha value is -2.62. The van der Waals surface area contributed by atoms with Crippen molar-refractivity contribution in [2.75, 3.05) is 6.61 Å². The van der Waals surface area contributed by atoms with Crippen LogP contribution in [0.3, 0.4) is 0 Å². The lowest BCUT2D eigenvalue weighted by Crippen LogP contribution is -2.15. The Labute approximate surface area is 158 Å². The van der Waals surface area contributed by atoms with Crippen LogP contribution < -0.4 is 4.74 Å². The molecule has 2 aromatic carbocycles. The molecule has 0 aliphatic heterocycles. The number of ether oxygens (including phenoxy) is 1. The maximum Gasteiger partial charge on any atom is 0.416 e. The summed E-state index contributed by atoms with van der Waals surface area (Å²) < 4.78 is 82.8. The van der Waals surface area contributed by atoms with Gasteiger partial charge in [0.25, 0.3) is 0 Å². The van der Waals surface area contributed by atoms with Crippen molar-refractivity contribution in [3.63, 3.8) is 0 Å². The summed E-state index contributed by atoms with van der Waals surface area (Å²) in [5.41, 5.74) is -1.36. The summed E-state index contributed by atoms with van der Waals surface area (Å²) in [5.74, 6) is -2.70. The molecule has 0 amide bonds. The van der Waals surface area contributed by atoms with Crippen molar-refractivity contribution in [2.24, 2.45) is 0 Å². The first-order valence-corrected chi connectivity index (χ1v) is 9.48. The molecule has 0 aliphatic rings. The average molecular weight is 420 g/mol. The van der Waals surface area contributed by atoms with Gasteiger partial charge in [0.05, 0.1) is 10.8 Å². The standard InChI is InChI=1S/C18H16F4O5S/c1-10(2)28(25,26)16-6-3-11(7-14(16)19)13-8-12(18(20,21)22)4-5-15(13)27-9-17(23)24/h3-8,10H,9H2,1-2H3,(H,23,24). The van der Waals surface area contributed by atoms with Gasteiger partial charge in [0.2, 0.25) is 0 Å². The quantitative estimate of drug-likeness (QED) is 0.710. The fourth-order valence-electron chi connectivity index (χ4n) is 2.35. The Morgan fingerprint density at radius 3 is 2.29 bits per heavy atom. The Bertz CT molecular complexity index is 998. The third kappa shape index (κ3) is 4.61. The molecule has 28 heavy (non-hydrogen) atoms. The number of rotatable bonds is 6. The molecule has 0 heterocycles. The zero-order valence-electron chi connectivity index (χ0n) is 14.7. The first-order valence-electron chi connectivity index (χ1n) is 7.93. The van der Waals surface area contributed by atoms with Crippen molar-refractivity contribution >= 4 is 15.8 Å². The molecular formula is C18H16F4O5S. The van der Waals surface area contributed by atoms with Gasteiger partial charge < -0.3 is 9.84 Å². The second-order valence-corrected chi connectivity index (χ2v) is 8.60. The predicted octanol–water partition coefficient (Wildman–Crippen LogP) is 4.16. The highest BCUT2D eigenvalue weighted by molar-refractivity contribution is 7.92. The second kappa shape index (κ2) is 7.78. The average Bonchev–Trinajstić information content (AvgIpc) is 2.58. The lowest BCUT2D eigenvalue weighted by molar-refractivity contribution is -0.140. The number of sulfone groups is 1. The van der Waals surface area contributed by atoms with Crippen LogP contribution in [0.5, 0.6) is 5.75 Å². The van der Waals surface area contributed by atoms with Crippen LogP contribution in [0.2, 0.25) is 0 Å². The topological polar surface area (TPSA) is 80.7 Å². The Morgan fingerprint density at radius 1 is 1.14 bits per heavy atom. The molecule has 10 heteroatoms. The van der Waals surface area contributed by atoms with Crippen molar-refractivity contribution in [3.05, 3.63) is 47.8 Å². The summed E-state index contributed by atoms with van der Waals surface area (Å²) in [6.45, 7) is 1.92. The molecule has 0 spiro atoms. The highest BCUT2D eigenvalue weighted by Crippen LogP contribution is 2.38. The van der Waals surface area contributed by atoms with E-state index in [2.05, 4.69) is 0 Å². The smallest absolute Gasteiger partial charge is 0.416 e. The Morgan fingerprint density at radius 2 is 1.79 bits per heavy atom. The fraction of sp³-hybridized carbons (Fsp3) is 0.278. The molecule has 0 bridgehead atoms. The number of halogens is 4. The Balaban J connectivity index is 2.61. The molecule has 0 saturated carbocycles. The Kier molecular flexibility index (Phi) is 6.03. The van der Waals surface area contributed by atoms with Crippen LogP contribution in [0.15, 0.2) is 41.3 Å². The molecule has 0 aromatic heterocycles. The minimum atomic E-state index is -4.69. The van der Waals surface area contributed by atoms with E-state index in [0.29, 0.717) is 12.1 Å². The van der Waals surface area contributed by atoms with Crippen molar-refractivity contribution < 1.29 is 40.6 Å². The molecule has 0 aliphatic carbocycles. The molecule has 5 nitrogen and oxygen atoms in total. The third-order valence-corrected chi connectivity index (χ3v) is 6.01. The lowest BCUT2D eigenvalue weighted by Gasteiger charge is -2.15. The minimum absolute atomic E-state index is 0.0910. The van der Waals surface area contributed by atoms with Gasteiger partial charge >= 0.3 is 12.1 Å². The molecule has 1 N–H and O–H groups in total. The van der Waals surface area contributed by atoms with Crippen molar-refractivity contribution in [2.45, 2.75) is 30.2 Å². The normalized spacial score (nSPS) is 12.2. The molecule has 0 unspecified atom stereocenters. The van der Waals surface area contributed by atoms with Crippen LogP contribution >= 0.6 is 0 Å². The van der Waals surface area contributed by atoms with Gasteiger partial charge in [0.15, 0.2) is 16.4 Å². The highest BCUT2D eigenvalue weighted by Gasteiger charge is 2.32. The van der Waals surface area contributed by atoms with Crippen LogP contribution in [0, 0.1) is 5.82 Å².